The zero-order valence-electron chi connectivity index (χ0n) is 12.5. The standard InChI is InChI=1S/C15H16N2O4S/c1-19-13-12(14(18)20-2)11(16-15(17-13)21-3)9-22-10-7-5-4-6-8-10/h4-8H,9H2,1-3H3. The third kappa shape index (κ3) is 3.67. The molecule has 7 heteroatoms. The molecule has 0 saturated carbocycles. The SMILES string of the molecule is COC(=O)c1c(CSc2ccccc2)nc(OC)nc1OC. The first-order chi connectivity index (χ1) is 10.7. The highest BCUT2D eigenvalue weighted by atomic mass is 32.2. The minimum Gasteiger partial charge on any atom is -0.480 e. The van der Waals surface area contributed by atoms with Gasteiger partial charge in [0.15, 0.2) is 0 Å². The lowest BCUT2D eigenvalue weighted by Gasteiger charge is -2.12. The van der Waals surface area contributed by atoms with Crippen LogP contribution in [0.3, 0.4) is 0 Å². The van der Waals surface area contributed by atoms with Gasteiger partial charge in [-0.2, -0.15) is 9.97 Å². The Labute approximate surface area is 132 Å². The van der Waals surface area contributed by atoms with Crippen molar-refractivity contribution in [2.24, 2.45) is 0 Å². The number of benzene rings is 1. The fourth-order valence-electron chi connectivity index (χ4n) is 1.78. The van der Waals surface area contributed by atoms with Crippen molar-refractivity contribution in [1.82, 2.24) is 9.97 Å². The molecule has 0 aliphatic heterocycles. The molecule has 6 nitrogen and oxygen atoms in total. The Bertz CT molecular complexity index is 649. The maximum atomic E-state index is 12.0. The van der Waals surface area contributed by atoms with Crippen molar-refractivity contribution in [3.8, 4) is 11.9 Å². The second kappa shape index (κ2) is 7.65. The number of carbonyl (C=O) groups excluding carboxylic acids is 1. The van der Waals surface area contributed by atoms with Gasteiger partial charge in [0.1, 0.15) is 5.56 Å². The number of carbonyl (C=O) groups is 1. The highest BCUT2D eigenvalue weighted by molar-refractivity contribution is 7.98. The van der Waals surface area contributed by atoms with Gasteiger partial charge in [0.25, 0.3) is 0 Å². The first kappa shape index (κ1) is 16.1. The highest BCUT2D eigenvalue weighted by Gasteiger charge is 2.23. The average molecular weight is 320 g/mol. The number of esters is 1. The normalized spacial score (nSPS) is 10.1. The fourth-order valence-corrected chi connectivity index (χ4v) is 2.64. The summed E-state index contributed by atoms with van der Waals surface area (Å²) in [7, 11) is 4.20. The minimum absolute atomic E-state index is 0.141. The van der Waals surface area contributed by atoms with Crippen molar-refractivity contribution in [3.05, 3.63) is 41.6 Å². The van der Waals surface area contributed by atoms with E-state index in [-0.39, 0.29) is 17.5 Å². The Morgan fingerprint density at radius 1 is 1.09 bits per heavy atom. The quantitative estimate of drug-likeness (QED) is 0.598. The van der Waals surface area contributed by atoms with E-state index in [0.717, 1.165) is 4.90 Å². The van der Waals surface area contributed by atoms with Gasteiger partial charge in [0.05, 0.1) is 27.0 Å². The molecule has 0 atom stereocenters. The van der Waals surface area contributed by atoms with Gasteiger partial charge in [-0.15, -0.1) is 11.8 Å². The number of nitrogens with zero attached hydrogens (tertiary/aromatic N) is 2. The van der Waals surface area contributed by atoms with E-state index in [2.05, 4.69) is 9.97 Å². The second-order valence-corrected chi connectivity index (χ2v) is 5.18. The summed E-state index contributed by atoms with van der Waals surface area (Å²) in [6.45, 7) is 0. The van der Waals surface area contributed by atoms with E-state index in [4.69, 9.17) is 14.2 Å². The molecule has 0 amide bonds. The van der Waals surface area contributed by atoms with Crippen molar-refractivity contribution >= 4 is 17.7 Å². The first-order valence-electron chi connectivity index (χ1n) is 6.44. The van der Waals surface area contributed by atoms with E-state index >= 15 is 0 Å². The number of hydrogen-bond donors (Lipinski definition) is 0. The average Bonchev–Trinajstić information content (AvgIpc) is 2.59. The van der Waals surface area contributed by atoms with Gasteiger partial charge in [-0.05, 0) is 12.1 Å². The van der Waals surface area contributed by atoms with Gasteiger partial charge in [-0.25, -0.2) is 4.79 Å². The molecule has 1 aromatic heterocycles. The van der Waals surface area contributed by atoms with Crippen LogP contribution in [0.2, 0.25) is 0 Å². The highest BCUT2D eigenvalue weighted by Crippen LogP contribution is 2.28. The van der Waals surface area contributed by atoms with E-state index in [0.29, 0.717) is 11.4 Å². The Kier molecular flexibility index (Phi) is 5.60. The topological polar surface area (TPSA) is 70.5 Å². The lowest BCUT2D eigenvalue weighted by molar-refractivity contribution is 0.0594. The summed E-state index contributed by atoms with van der Waals surface area (Å²) in [5, 5.41) is 0. The lowest BCUT2D eigenvalue weighted by Crippen LogP contribution is -2.12. The monoisotopic (exact) mass is 320 g/mol. The van der Waals surface area contributed by atoms with Gasteiger partial charge < -0.3 is 14.2 Å². The van der Waals surface area contributed by atoms with Gasteiger partial charge >= 0.3 is 12.0 Å². The third-order valence-electron chi connectivity index (χ3n) is 2.81. The predicted molar refractivity (Wildman–Crippen MR) is 82.5 cm³/mol. The molecule has 2 aromatic rings. The van der Waals surface area contributed by atoms with Crippen molar-refractivity contribution in [2.45, 2.75) is 10.6 Å². The maximum Gasteiger partial charge on any atom is 0.345 e. The van der Waals surface area contributed by atoms with Crippen LogP contribution in [-0.4, -0.2) is 37.3 Å². The van der Waals surface area contributed by atoms with Crippen LogP contribution >= 0.6 is 11.8 Å². The summed E-state index contributed by atoms with van der Waals surface area (Å²) in [6.07, 6.45) is 0. The molecule has 1 aromatic carbocycles. The van der Waals surface area contributed by atoms with Crippen LogP contribution in [0.15, 0.2) is 35.2 Å². The molecule has 0 N–H and O–H groups in total. The summed E-state index contributed by atoms with van der Waals surface area (Å²) in [4.78, 5) is 21.3. The van der Waals surface area contributed by atoms with Gasteiger partial charge in [0, 0.05) is 10.6 Å². The molecule has 1 heterocycles. The summed E-state index contributed by atoms with van der Waals surface area (Å²) in [5.74, 6) is 0.0643. The fraction of sp³-hybridized carbons (Fsp3) is 0.267. The second-order valence-electron chi connectivity index (χ2n) is 4.13. The molecule has 0 bridgehead atoms. The molecule has 0 radical (unpaired) electrons. The van der Waals surface area contributed by atoms with E-state index in [1.165, 1.54) is 21.3 Å². The number of thioether (sulfide) groups is 1. The summed E-state index contributed by atoms with van der Waals surface area (Å²) < 4.78 is 15.0. The predicted octanol–water partition coefficient (Wildman–Crippen LogP) is 2.57. The smallest absolute Gasteiger partial charge is 0.345 e. The molecular formula is C15H16N2O4S. The summed E-state index contributed by atoms with van der Waals surface area (Å²) in [6, 6.07) is 9.96. The Morgan fingerprint density at radius 3 is 2.41 bits per heavy atom. The zero-order valence-corrected chi connectivity index (χ0v) is 13.3. The Hall–Kier alpha value is -2.28. The number of ether oxygens (including phenoxy) is 3. The summed E-state index contributed by atoms with van der Waals surface area (Å²) in [5.41, 5.74) is 0.721. The van der Waals surface area contributed by atoms with Gasteiger partial charge in [0.2, 0.25) is 5.88 Å². The molecule has 0 saturated heterocycles. The molecule has 0 fully saturated rings. The van der Waals surface area contributed by atoms with Crippen LogP contribution in [0.25, 0.3) is 0 Å². The Morgan fingerprint density at radius 2 is 1.82 bits per heavy atom. The number of rotatable bonds is 6. The maximum absolute atomic E-state index is 12.0. The minimum atomic E-state index is -0.539. The van der Waals surface area contributed by atoms with Crippen LogP contribution in [-0.2, 0) is 10.5 Å². The van der Waals surface area contributed by atoms with Crippen LogP contribution in [0.4, 0.5) is 0 Å². The van der Waals surface area contributed by atoms with Crippen molar-refractivity contribution < 1.29 is 19.0 Å². The largest absolute Gasteiger partial charge is 0.480 e. The molecule has 116 valence electrons. The molecule has 22 heavy (non-hydrogen) atoms. The van der Waals surface area contributed by atoms with Gasteiger partial charge in [-0.1, -0.05) is 18.2 Å². The van der Waals surface area contributed by atoms with Crippen LogP contribution in [0.5, 0.6) is 11.9 Å². The van der Waals surface area contributed by atoms with Gasteiger partial charge in [-0.3, -0.25) is 0 Å². The van der Waals surface area contributed by atoms with E-state index in [9.17, 15) is 4.79 Å². The molecule has 0 spiro atoms. The molecule has 0 unspecified atom stereocenters. The zero-order chi connectivity index (χ0) is 15.9. The molecule has 0 aliphatic carbocycles. The lowest BCUT2D eigenvalue weighted by atomic mass is 10.2. The molecule has 0 aliphatic rings. The Balaban J connectivity index is 2.36. The van der Waals surface area contributed by atoms with Crippen LogP contribution in [0, 0.1) is 0 Å². The first-order valence-corrected chi connectivity index (χ1v) is 7.43. The number of methoxy groups -OCH3 is 3. The third-order valence-corrected chi connectivity index (χ3v) is 3.84. The van der Waals surface area contributed by atoms with Crippen molar-refractivity contribution in [1.29, 1.82) is 0 Å². The van der Waals surface area contributed by atoms with E-state index < -0.39 is 5.97 Å². The van der Waals surface area contributed by atoms with E-state index in [1.807, 2.05) is 30.3 Å². The number of hydrogen-bond acceptors (Lipinski definition) is 7. The summed E-state index contributed by atoms with van der Waals surface area (Å²) >= 11 is 1.54. The van der Waals surface area contributed by atoms with Crippen LogP contribution < -0.4 is 9.47 Å². The van der Waals surface area contributed by atoms with E-state index in [1.54, 1.807) is 11.8 Å². The number of aromatic nitrogens is 2. The van der Waals surface area contributed by atoms with Crippen LogP contribution in [0.1, 0.15) is 16.1 Å². The van der Waals surface area contributed by atoms with Crippen molar-refractivity contribution in [2.75, 3.05) is 21.3 Å². The van der Waals surface area contributed by atoms with Crippen molar-refractivity contribution in [3.63, 3.8) is 0 Å². The molecule has 2 rings (SSSR count). The molecular weight excluding hydrogens is 304 g/mol.